The standard InChI is InChI=1S/C18H13N3/c19-17-15-11-10-12-6-4-5-9-14(12)16(15)20-18(21-17)13-7-2-1-3-8-13/h1-11H,(H2,19,20,21). The van der Waals surface area contributed by atoms with Crippen LogP contribution in [0.4, 0.5) is 5.82 Å². The van der Waals surface area contributed by atoms with Crippen LogP contribution in [0.5, 0.6) is 0 Å². The lowest BCUT2D eigenvalue weighted by Crippen LogP contribution is -1.98. The molecule has 0 radical (unpaired) electrons. The van der Waals surface area contributed by atoms with Gasteiger partial charge in [0, 0.05) is 16.3 Å². The Labute approximate surface area is 122 Å². The van der Waals surface area contributed by atoms with Crippen LogP contribution in [0, 0.1) is 0 Å². The number of nitrogen functional groups attached to an aromatic ring is 1. The monoisotopic (exact) mass is 271 g/mol. The maximum Gasteiger partial charge on any atom is 0.162 e. The summed E-state index contributed by atoms with van der Waals surface area (Å²) in [6.45, 7) is 0. The van der Waals surface area contributed by atoms with Crippen LogP contribution in [0.15, 0.2) is 66.7 Å². The number of benzene rings is 3. The predicted octanol–water partition coefficient (Wildman–Crippen LogP) is 4.03. The molecule has 3 aromatic carbocycles. The summed E-state index contributed by atoms with van der Waals surface area (Å²) in [5, 5.41) is 3.15. The van der Waals surface area contributed by atoms with Gasteiger partial charge in [-0.25, -0.2) is 9.97 Å². The van der Waals surface area contributed by atoms with E-state index in [-0.39, 0.29) is 0 Å². The third-order valence-corrected chi connectivity index (χ3v) is 3.65. The Morgan fingerprint density at radius 1 is 0.667 bits per heavy atom. The predicted molar refractivity (Wildman–Crippen MR) is 86.9 cm³/mol. The minimum absolute atomic E-state index is 0.518. The molecule has 1 heterocycles. The van der Waals surface area contributed by atoms with E-state index in [1.165, 1.54) is 0 Å². The van der Waals surface area contributed by atoms with Crippen molar-refractivity contribution in [3.8, 4) is 11.4 Å². The molecule has 0 aliphatic heterocycles. The van der Waals surface area contributed by atoms with Crippen molar-refractivity contribution in [2.24, 2.45) is 0 Å². The first-order valence-corrected chi connectivity index (χ1v) is 6.83. The Balaban J connectivity index is 2.10. The van der Waals surface area contributed by atoms with Gasteiger partial charge in [0.15, 0.2) is 5.82 Å². The fraction of sp³-hybridized carbons (Fsp3) is 0. The highest BCUT2D eigenvalue weighted by molar-refractivity contribution is 6.08. The molecule has 0 amide bonds. The summed E-state index contributed by atoms with van der Waals surface area (Å²) in [5.74, 6) is 1.18. The topological polar surface area (TPSA) is 51.8 Å². The molecule has 0 aliphatic rings. The quantitative estimate of drug-likeness (QED) is 0.532. The summed E-state index contributed by atoms with van der Waals surface area (Å²) >= 11 is 0. The van der Waals surface area contributed by atoms with Gasteiger partial charge in [-0.15, -0.1) is 0 Å². The lowest BCUT2D eigenvalue weighted by molar-refractivity contribution is 1.24. The van der Waals surface area contributed by atoms with Crippen molar-refractivity contribution in [3.05, 3.63) is 66.7 Å². The highest BCUT2D eigenvalue weighted by Crippen LogP contribution is 2.28. The van der Waals surface area contributed by atoms with Gasteiger partial charge in [-0.3, -0.25) is 0 Å². The number of hydrogen-bond acceptors (Lipinski definition) is 3. The number of anilines is 1. The maximum atomic E-state index is 6.13. The van der Waals surface area contributed by atoms with Crippen molar-refractivity contribution in [1.82, 2.24) is 9.97 Å². The molecule has 2 N–H and O–H groups in total. The zero-order chi connectivity index (χ0) is 14.2. The molecule has 4 rings (SSSR count). The molecular weight excluding hydrogens is 258 g/mol. The zero-order valence-electron chi connectivity index (χ0n) is 11.3. The largest absolute Gasteiger partial charge is 0.383 e. The highest BCUT2D eigenvalue weighted by Gasteiger charge is 2.09. The molecular formula is C18H13N3. The zero-order valence-corrected chi connectivity index (χ0v) is 11.3. The van der Waals surface area contributed by atoms with E-state index in [2.05, 4.69) is 23.2 Å². The Kier molecular flexibility index (Phi) is 2.57. The summed E-state index contributed by atoms with van der Waals surface area (Å²) in [6, 6.07) is 22.1. The second-order valence-corrected chi connectivity index (χ2v) is 4.98. The van der Waals surface area contributed by atoms with Gasteiger partial charge in [-0.05, 0) is 11.5 Å². The summed E-state index contributed by atoms with van der Waals surface area (Å²) in [7, 11) is 0. The van der Waals surface area contributed by atoms with E-state index >= 15 is 0 Å². The smallest absolute Gasteiger partial charge is 0.162 e. The van der Waals surface area contributed by atoms with Gasteiger partial charge in [-0.1, -0.05) is 60.7 Å². The minimum Gasteiger partial charge on any atom is -0.383 e. The van der Waals surface area contributed by atoms with E-state index in [4.69, 9.17) is 10.7 Å². The van der Waals surface area contributed by atoms with E-state index < -0.39 is 0 Å². The molecule has 4 aromatic rings. The Morgan fingerprint density at radius 3 is 2.29 bits per heavy atom. The average molecular weight is 271 g/mol. The van der Waals surface area contributed by atoms with Gasteiger partial charge in [0.2, 0.25) is 0 Å². The molecule has 100 valence electrons. The van der Waals surface area contributed by atoms with Crippen LogP contribution in [0.2, 0.25) is 0 Å². The van der Waals surface area contributed by atoms with Crippen molar-refractivity contribution in [2.75, 3.05) is 5.73 Å². The molecule has 0 saturated heterocycles. The number of nitrogens with two attached hydrogens (primary N) is 1. The Hall–Kier alpha value is -2.94. The summed E-state index contributed by atoms with van der Waals surface area (Å²) in [5.41, 5.74) is 8.01. The van der Waals surface area contributed by atoms with Gasteiger partial charge >= 0.3 is 0 Å². The van der Waals surface area contributed by atoms with Crippen molar-refractivity contribution < 1.29 is 0 Å². The van der Waals surface area contributed by atoms with Crippen LogP contribution in [-0.4, -0.2) is 9.97 Å². The average Bonchev–Trinajstić information content (AvgIpc) is 2.55. The molecule has 0 unspecified atom stereocenters. The van der Waals surface area contributed by atoms with E-state index in [1.54, 1.807) is 0 Å². The van der Waals surface area contributed by atoms with Gasteiger partial charge in [0.1, 0.15) is 5.82 Å². The molecule has 0 saturated carbocycles. The number of nitrogens with zero attached hydrogens (tertiary/aromatic N) is 2. The van der Waals surface area contributed by atoms with E-state index in [1.807, 2.05) is 48.5 Å². The number of fused-ring (bicyclic) bond motifs is 3. The molecule has 1 aromatic heterocycles. The molecule has 0 fully saturated rings. The fourth-order valence-corrected chi connectivity index (χ4v) is 2.60. The van der Waals surface area contributed by atoms with E-state index in [9.17, 15) is 0 Å². The van der Waals surface area contributed by atoms with Crippen molar-refractivity contribution in [3.63, 3.8) is 0 Å². The summed E-state index contributed by atoms with van der Waals surface area (Å²) in [4.78, 5) is 9.19. The highest BCUT2D eigenvalue weighted by atomic mass is 14.9. The lowest BCUT2D eigenvalue weighted by Gasteiger charge is -2.08. The molecule has 21 heavy (non-hydrogen) atoms. The number of hydrogen-bond donors (Lipinski definition) is 1. The molecule has 0 spiro atoms. The molecule has 0 atom stereocenters. The third kappa shape index (κ3) is 1.91. The first-order valence-electron chi connectivity index (χ1n) is 6.83. The van der Waals surface area contributed by atoms with Crippen LogP contribution in [0.3, 0.4) is 0 Å². The summed E-state index contributed by atoms with van der Waals surface area (Å²) < 4.78 is 0. The van der Waals surface area contributed by atoms with Crippen LogP contribution in [0.1, 0.15) is 0 Å². The van der Waals surface area contributed by atoms with E-state index in [0.29, 0.717) is 11.6 Å². The maximum absolute atomic E-state index is 6.13. The van der Waals surface area contributed by atoms with Crippen LogP contribution < -0.4 is 5.73 Å². The van der Waals surface area contributed by atoms with Crippen molar-refractivity contribution >= 4 is 27.5 Å². The number of aromatic nitrogens is 2. The van der Waals surface area contributed by atoms with Gasteiger partial charge in [-0.2, -0.15) is 0 Å². The molecule has 3 nitrogen and oxygen atoms in total. The van der Waals surface area contributed by atoms with Gasteiger partial charge < -0.3 is 5.73 Å². The molecule has 0 aliphatic carbocycles. The third-order valence-electron chi connectivity index (χ3n) is 3.65. The summed E-state index contributed by atoms with van der Waals surface area (Å²) in [6.07, 6.45) is 0. The Morgan fingerprint density at radius 2 is 1.43 bits per heavy atom. The van der Waals surface area contributed by atoms with Crippen LogP contribution in [-0.2, 0) is 0 Å². The van der Waals surface area contributed by atoms with Crippen LogP contribution >= 0.6 is 0 Å². The van der Waals surface area contributed by atoms with Gasteiger partial charge in [0.25, 0.3) is 0 Å². The minimum atomic E-state index is 0.518. The van der Waals surface area contributed by atoms with Crippen molar-refractivity contribution in [1.29, 1.82) is 0 Å². The first kappa shape index (κ1) is 11.9. The lowest BCUT2D eigenvalue weighted by atomic mass is 10.1. The first-order chi connectivity index (χ1) is 10.3. The fourth-order valence-electron chi connectivity index (χ4n) is 2.60. The molecule has 0 bridgehead atoms. The van der Waals surface area contributed by atoms with Crippen LogP contribution in [0.25, 0.3) is 33.1 Å². The van der Waals surface area contributed by atoms with Crippen molar-refractivity contribution in [2.45, 2.75) is 0 Å². The number of rotatable bonds is 1. The SMILES string of the molecule is Nc1nc(-c2ccccc2)nc2c1ccc1ccccc12. The second-order valence-electron chi connectivity index (χ2n) is 4.98. The molecule has 3 heteroatoms. The Bertz CT molecular complexity index is 946. The van der Waals surface area contributed by atoms with E-state index in [0.717, 1.165) is 27.2 Å². The van der Waals surface area contributed by atoms with Gasteiger partial charge in [0.05, 0.1) is 5.52 Å². The second kappa shape index (κ2) is 4.56. The normalized spacial score (nSPS) is 11.0.